The Hall–Kier alpha value is -2.47. The molecule has 2 N–H and O–H groups in total. The molecule has 0 radical (unpaired) electrons. The van der Waals surface area contributed by atoms with E-state index >= 15 is 0 Å². The minimum absolute atomic E-state index is 0.488. The van der Waals surface area contributed by atoms with E-state index in [1.807, 2.05) is 6.92 Å². The van der Waals surface area contributed by atoms with Gasteiger partial charge in [0.05, 0.1) is 6.54 Å². The quantitative estimate of drug-likeness (QED) is 0.501. The van der Waals surface area contributed by atoms with Crippen LogP contribution >= 0.6 is 0 Å². The number of hydrogen-bond acceptors (Lipinski definition) is 1. The normalized spacial score (nSPS) is 11.1. The number of terminal acetylenes is 1. The van der Waals surface area contributed by atoms with Gasteiger partial charge < -0.3 is 10.6 Å². The molecule has 0 aliphatic carbocycles. The van der Waals surface area contributed by atoms with Crippen LogP contribution in [0.3, 0.4) is 0 Å². The fraction of sp³-hybridized carbons (Fsp3) is 0.278. The largest absolute Gasteiger partial charge is 0.357 e. The van der Waals surface area contributed by atoms with E-state index in [0.29, 0.717) is 6.54 Å². The number of rotatable bonds is 5. The molecule has 2 aromatic carbocycles. The van der Waals surface area contributed by atoms with Crippen molar-refractivity contribution in [3.8, 4) is 12.3 Å². The Bertz CT molecular complexity index is 653. The summed E-state index contributed by atoms with van der Waals surface area (Å²) in [6.07, 6.45) is 6.16. The summed E-state index contributed by atoms with van der Waals surface area (Å²) in [5.41, 5.74) is 1.30. The smallest absolute Gasteiger partial charge is 0.192 e. The van der Waals surface area contributed by atoms with E-state index in [9.17, 15) is 0 Å². The van der Waals surface area contributed by atoms with Gasteiger partial charge in [0.15, 0.2) is 5.96 Å². The number of guanidine groups is 1. The van der Waals surface area contributed by atoms with E-state index in [4.69, 9.17) is 6.42 Å². The number of fused-ring (bicyclic) bond motifs is 1. The number of nitrogens with zero attached hydrogens (tertiary/aromatic N) is 1. The van der Waals surface area contributed by atoms with Gasteiger partial charge in [-0.15, -0.1) is 6.42 Å². The van der Waals surface area contributed by atoms with Crippen LogP contribution < -0.4 is 10.6 Å². The predicted octanol–water partition coefficient (Wildman–Crippen LogP) is 2.57. The van der Waals surface area contributed by atoms with Crippen LogP contribution in [0.1, 0.15) is 12.5 Å². The van der Waals surface area contributed by atoms with Crippen molar-refractivity contribution in [2.24, 2.45) is 4.99 Å². The summed E-state index contributed by atoms with van der Waals surface area (Å²) >= 11 is 0. The lowest BCUT2D eigenvalue weighted by atomic mass is 10.1. The maximum absolute atomic E-state index is 5.25. The fourth-order valence-corrected chi connectivity index (χ4v) is 2.17. The lowest BCUT2D eigenvalue weighted by Gasteiger charge is -2.09. The Kier molecular flexibility index (Phi) is 5.66. The first-order valence-electron chi connectivity index (χ1n) is 7.27. The van der Waals surface area contributed by atoms with E-state index in [1.165, 1.54) is 16.3 Å². The van der Waals surface area contributed by atoms with Gasteiger partial charge in [0.1, 0.15) is 0 Å². The van der Waals surface area contributed by atoms with Gasteiger partial charge in [-0.05, 0) is 29.7 Å². The van der Waals surface area contributed by atoms with Crippen molar-refractivity contribution in [2.45, 2.75) is 13.3 Å². The minimum Gasteiger partial charge on any atom is -0.357 e. The zero-order valence-corrected chi connectivity index (χ0v) is 12.4. The standard InChI is InChI=1S/C18H21N3/c1-3-12-20-18(19-4-2)21-13-11-15-9-10-16-7-5-6-8-17(16)14-15/h1,5-10,14H,4,11-13H2,2H3,(H2,19,20,21). The van der Waals surface area contributed by atoms with E-state index in [1.54, 1.807) is 0 Å². The van der Waals surface area contributed by atoms with Crippen molar-refractivity contribution in [2.75, 3.05) is 19.6 Å². The molecule has 0 saturated carbocycles. The SMILES string of the molecule is C#CCNC(=NCCc1ccc2ccccc2c1)NCC. The van der Waals surface area contributed by atoms with Crippen LogP contribution in [-0.2, 0) is 6.42 Å². The molecule has 0 fully saturated rings. The van der Waals surface area contributed by atoms with Gasteiger partial charge in [0.2, 0.25) is 0 Å². The van der Waals surface area contributed by atoms with Crippen LogP contribution in [0.4, 0.5) is 0 Å². The third-order valence-corrected chi connectivity index (χ3v) is 3.19. The van der Waals surface area contributed by atoms with Crippen molar-refractivity contribution in [1.82, 2.24) is 10.6 Å². The Morgan fingerprint density at radius 2 is 1.95 bits per heavy atom. The van der Waals surface area contributed by atoms with Gasteiger partial charge in [0.25, 0.3) is 0 Å². The van der Waals surface area contributed by atoms with Crippen LogP contribution in [0, 0.1) is 12.3 Å². The summed E-state index contributed by atoms with van der Waals surface area (Å²) in [6.45, 7) is 4.09. The Balaban J connectivity index is 1.98. The maximum Gasteiger partial charge on any atom is 0.192 e. The van der Waals surface area contributed by atoms with Crippen LogP contribution in [0.2, 0.25) is 0 Å². The van der Waals surface area contributed by atoms with Gasteiger partial charge in [-0.1, -0.05) is 48.4 Å². The lowest BCUT2D eigenvalue weighted by molar-refractivity contribution is 0.856. The van der Waals surface area contributed by atoms with Gasteiger partial charge in [-0.2, -0.15) is 0 Å². The Labute approximate surface area is 126 Å². The van der Waals surface area contributed by atoms with Crippen LogP contribution in [0.5, 0.6) is 0 Å². The summed E-state index contributed by atoms with van der Waals surface area (Å²) < 4.78 is 0. The van der Waals surface area contributed by atoms with Gasteiger partial charge in [-0.3, -0.25) is 4.99 Å². The van der Waals surface area contributed by atoms with Crippen molar-refractivity contribution >= 4 is 16.7 Å². The second kappa shape index (κ2) is 7.96. The van der Waals surface area contributed by atoms with Crippen molar-refractivity contribution in [1.29, 1.82) is 0 Å². The molecule has 0 saturated heterocycles. The maximum atomic E-state index is 5.25. The van der Waals surface area contributed by atoms with Crippen molar-refractivity contribution in [3.63, 3.8) is 0 Å². The average Bonchev–Trinajstić information content (AvgIpc) is 2.52. The first-order chi connectivity index (χ1) is 10.3. The van der Waals surface area contributed by atoms with Gasteiger partial charge in [-0.25, -0.2) is 0 Å². The molecule has 2 aromatic rings. The highest BCUT2D eigenvalue weighted by atomic mass is 15.2. The highest BCUT2D eigenvalue weighted by Gasteiger charge is 1.98. The summed E-state index contributed by atoms with van der Waals surface area (Å²) in [5.74, 6) is 3.33. The Morgan fingerprint density at radius 3 is 2.71 bits per heavy atom. The molecule has 21 heavy (non-hydrogen) atoms. The molecule has 0 aliphatic rings. The summed E-state index contributed by atoms with van der Waals surface area (Å²) in [7, 11) is 0. The molecule has 2 rings (SSSR count). The zero-order valence-electron chi connectivity index (χ0n) is 12.4. The number of benzene rings is 2. The molecule has 0 spiro atoms. The highest BCUT2D eigenvalue weighted by molar-refractivity contribution is 5.83. The first kappa shape index (κ1) is 14.9. The van der Waals surface area contributed by atoms with Gasteiger partial charge >= 0.3 is 0 Å². The molecular weight excluding hydrogens is 258 g/mol. The molecule has 0 aromatic heterocycles. The monoisotopic (exact) mass is 279 g/mol. The summed E-state index contributed by atoms with van der Waals surface area (Å²) in [5, 5.41) is 8.81. The van der Waals surface area contributed by atoms with Crippen LogP contribution in [0.15, 0.2) is 47.5 Å². The molecule has 0 unspecified atom stereocenters. The molecule has 0 amide bonds. The van der Waals surface area contributed by atoms with E-state index < -0.39 is 0 Å². The number of nitrogens with one attached hydrogen (secondary N) is 2. The number of hydrogen-bond donors (Lipinski definition) is 2. The van der Waals surface area contributed by atoms with Crippen molar-refractivity contribution in [3.05, 3.63) is 48.0 Å². The van der Waals surface area contributed by atoms with E-state index in [0.717, 1.165) is 25.5 Å². The zero-order chi connectivity index (χ0) is 14.9. The van der Waals surface area contributed by atoms with Gasteiger partial charge in [0, 0.05) is 13.1 Å². The molecule has 0 heterocycles. The number of aliphatic imine (C=N–C) groups is 1. The lowest BCUT2D eigenvalue weighted by Crippen LogP contribution is -2.37. The predicted molar refractivity (Wildman–Crippen MR) is 90.5 cm³/mol. The summed E-state index contributed by atoms with van der Waals surface area (Å²) in [6, 6.07) is 15.0. The van der Waals surface area contributed by atoms with Crippen molar-refractivity contribution < 1.29 is 0 Å². The van der Waals surface area contributed by atoms with Crippen LogP contribution in [0.25, 0.3) is 10.8 Å². The molecule has 108 valence electrons. The first-order valence-corrected chi connectivity index (χ1v) is 7.27. The minimum atomic E-state index is 0.488. The van der Waals surface area contributed by atoms with E-state index in [-0.39, 0.29) is 0 Å². The second-order valence-corrected chi connectivity index (χ2v) is 4.75. The van der Waals surface area contributed by atoms with Crippen LogP contribution in [-0.4, -0.2) is 25.6 Å². The third kappa shape index (κ3) is 4.54. The Morgan fingerprint density at radius 1 is 1.14 bits per heavy atom. The fourth-order valence-electron chi connectivity index (χ4n) is 2.17. The molecule has 3 nitrogen and oxygen atoms in total. The van der Waals surface area contributed by atoms with E-state index in [2.05, 4.69) is 64.0 Å². The summed E-state index contributed by atoms with van der Waals surface area (Å²) in [4.78, 5) is 4.53. The molecule has 0 bridgehead atoms. The topological polar surface area (TPSA) is 36.4 Å². The molecule has 0 aliphatic heterocycles. The molecular formula is C18H21N3. The third-order valence-electron chi connectivity index (χ3n) is 3.19. The molecule has 0 atom stereocenters. The molecule has 3 heteroatoms. The highest BCUT2D eigenvalue weighted by Crippen LogP contribution is 2.15. The second-order valence-electron chi connectivity index (χ2n) is 4.75. The average molecular weight is 279 g/mol.